The van der Waals surface area contributed by atoms with Crippen LogP contribution in [0.4, 0.5) is 4.79 Å². The molecule has 0 bridgehead atoms. The number of nitrogens with two attached hydrogens (primary N) is 1. The lowest BCUT2D eigenvalue weighted by molar-refractivity contribution is -0.830. The number of amidine groups is 1. The smallest absolute Gasteiger partial charge is 0.383 e. The number of hydrogen-bond donors (Lipinski definition) is 1. The zero-order chi connectivity index (χ0) is 12.5. The summed E-state index contributed by atoms with van der Waals surface area (Å²) in [7, 11) is 3.43. The first-order valence-corrected chi connectivity index (χ1v) is 5.64. The maximum absolute atomic E-state index is 11.9. The maximum Gasteiger partial charge on any atom is 0.451 e. The van der Waals surface area contributed by atoms with Crippen molar-refractivity contribution in [1.29, 1.82) is 0 Å². The van der Waals surface area contributed by atoms with Crippen molar-refractivity contribution in [3.05, 3.63) is 12.3 Å². The van der Waals surface area contributed by atoms with Crippen molar-refractivity contribution in [2.24, 2.45) is 10.7 Å². The third-order valence-electron chi connectivity index (χ3n) is 3.23. The summed E-state index contributed by atoms with van der Waals surface area (Å²) in [5, 5.41) is 0. The highest BCUT2D eigenvalue weighted by Gasteiger charge is 2.45. The van der Waals surface area contributed by atoms with Gasteiger partial charge in [-0.2, -0.15) is 4.48 Å². The topological polar surface area (TPSA) is 73.9 Å². The standard InChI is InChI=1S/C11H17N3O3/c1-14(6-5-9(12)13-11(14)15)10-4-3-8(17-10)7-16-2/h5-6,8,10H,3-4,7H2,1-2H3,(H-,12,13,15)/p+1/t8?,10-,14?/m1/s1. The van der Waals surface area contributed by atoms with Gasteiger partial charge in [-0.25, -0.2) is 4.79 Å². The Labute approximate surface area is 100 Å². The fraction of sp³-hybridized carbons (Fsp3) is 0.636. The van der Waals surface area contributed by atoms with Gasteiger partial charge in [0.25, 0.3) is 0 Å². The molecule has 0 spiro atoms. The van der Waals surface area contributed by atoms with E-state index in [0.717, 1.165) is 12.8 Å². The first-order valence-electron chi connectivity index (χ1n) is 5.64. The SMILES string of the molecule is COCC1CC[C@H]([N+]2(C)C=CC(N)=NC2=O)O1. The van der Waals surface area contributed by atoms with Crippen LogP contribution < -0.4 is 5.73 Å². The van der Waals surface area contributed by atoms with Crippen LogP contribution in [0.1, 0.15) is 12.8 Å². The summed E-state index contributed by atoms with van der Waals surface area (Å²) in [5.41, 5.74) is 5.49. The van der Waals surface area contributed by atoms with Crippen molar-refractivity contribution in [2.75, 3.05) is 20.8 Å². The number of methoxy groups -OCH3 is 1. The number of quaternary nitrogens is 1. The van der Waals surface area contributed by atoms with Gasteiger partial charge in [-0.05, 0) is 6.42 Å². The average Bonchev–Trinajstić information content (AvgIpc) is 2.74. The second-order valence-corrected chi connectivity index (χ2v) is 4.53. The van der Waals surface area contributed by atoms with Gasteiger partial charge in [0.05, 0.1) is 19.8 Å². The number of ether oxygens (including phenoxy) is 2. The average molecular weight is 240 g/mol. The lowest BCUT2D eigenvalue weighted by Crippen LogP contribution is -2.53. The zero-order valence-corrected chi connectivity index (χ0v) is 10.1. The van der Waals surface area contributed by atoms with Gasteiger partial charge in [-0.3, -0.25) is 0 Å². The molecule has 2 aliphatic heterocycles. The van der Waals surface area contributed by atoms with Gasteiger partial charge < -0.3 is 15.2 Å². The highest BCUT2D eigenvalue weighted by Crippen LogP contribution is 2.29. The number of urea groups is 1. The molecular formula is C11H18N3O3+. The van der Waals surface area contributed by atoms with Crippen LogP contribution in [0.5, 0.6) is 0 Å². The minimum Gasteiger partial charge on any atom is -0.383 e. The number of carbonyl (C=O) groups is 1. The van der Waals surface area contributed by atoms with Crippen molar-refractivity contribution in [3.8, 4) is 0 Å². The van der Waals surface area contributed by atoms with E-state index in [1.165, 1.54) is 0 Å². The number of nitrogens with zero attached hydrogens (tertiary/aromatic N) is 2. The summed E-state index contributed by atoms with van der Waals surface area (Å²) in [5.74, 6) is 0.247. The molecule has 2 aliphatic rings. The summed E-state index contributed by atoms with van der Waals surface area (Å²) in [4.78, 5) is 15.7. The van der Waals surface area contributed by atoms with Crippen LogP contribution in [0.25, 0.3) is 0 Å². The third kappa shape index (κ3) is 2.24. The summed E-state index contributed by atoms with van der Waals surface area (Å²) < 4.78 is 10.9. The van der Waals surface area contributed by atoms with Crippen molar-refractivity contribution in [2.45, 2.75) is 25.2 Å². The minimum atomic E-state index is -0.284. The summed E-state index contributed by atoms with van der Waals surface area (Å²) in [6.07, 6.45) is 4.96. The second-order valence-electron chi connectivity index (χ2n) is 4.53. The molecule has 2 unspecified atom stereocenters. The third-order valence-corrected chi connectivity index (χ3v) is 3.23. The molecule has 2 rings (SSSR count). The predicted octanol–water partition coefficient (Wildman–Crippen LogP) is 0.589. The molecule has 1 saturated heterocycles. The Morgan fingerprint density at radius 3 is 3.06 bits per heavy atom. The van der Waals surface area contributed by atoms with Gasteiger partial charge in [0, 0.05) is 19.6 Å². The fourth-order valence-electron chi connectivity index (χ4n) is 2.16. The Balaban J connectivity index is 2.08. The number of hydrogen-bond acceptors (Lipinski definition) is 4. The molecule has 0 radical (unpaired) electrons. The molecule has 2 amide bonds. The van der Waals surface area contributed by atoms with Crippen LogP contribution in [0.3, 0.4) is 0 Å². The van der Waals surface area contributed by atoms with Crippen LogP contribution in [-0.4, -0.2) is 49.4 Å². The van der Waals surface area contributed by atoms with Crippen LogP contribution in [0.15, 0.2) is 17.3 Å². The van der Waals surface area contributed by atoms with E-state index in [1.54, 1.807) is 26.4 Å². The molecule has 6 nitrogen and oxygen atoms in total. The van der Waals surface area contributed by atoms with Crippen molar-refractivity contribution in [3.63, 3.8) is 0 Å². The number of aliphatic imine (C=N–C) groups is 1. The lowest BCUT2D eigenvalue weighted by Gasteiger charge is -2.32. The largest absolute Gasteiger partial charge is 0.451 e. The quantitative estimate of drug-likeness (QED) is 0.733. The van der Waals surface area contributed by atoms with E-state index in [1.807, 2.05) is 0 Å². The molecule has 3 atom stereocenters. The van der Waals surface area contributed by atoms with E-state index in [0.29, 0.717) is 6.61 Å². The molecule has 0 aromatic heterocycles. The Kier molecular flexibility index (Phi) is 3.28. The van der Waals surface area contributed by atoms with Crippen molar-refractivity contribution in [1.82, 2.24) is 0 Å². The van der Waals surface area contributed by atoms with E-state index in [9.17, 15) is 4.79 Å². The van der Waals surface area contributed by atoms with Crippen molar-refractivity contribution < 1.29 is 18.8 Å². The van der Waals surface area contributed by atoms with Gasteiger partial charge in [0.1, 0.15) is 12.0 Å². The minimum absolute atomic E-state index is 0.0287. The molecule has 17 heavy (non-hydrogen) atoms. The van der Waals surface area contributed by atoms with Gasteiger partial charge in [-0.1, -0.05) is 0 Å². The van der Waals surface area contributed by atoms with Gasteiger partial charge in [-0.15, -0.1) is 4.99 Å². The fourth-order valence-corrected chi connectivity index (χ4v) is 2.16. The summed E-state index contributed by atoms with van der Waals surface area (Å²) in [6.45, 7) is 0.555. The van der Waals surface area contributed by atoms with Crippen LogP contribution in [0.2, 0.25) is 0 Å². The molecule has 0 aromatic rings. The van der Waals surface area contributed by atoms with E-state index < -0.39 is 0 Å². The van der Waals surface area contributed by atoms with Gasteiger partial charge in [0.2, 0.25) is 6.23 Å². The molecule has 0 saturated carbocycles. The van der Waals surface area contributed by atoms with Crippen molar-refractivity contribution >= 4 is 11.9 Å². The van der Waals surface area contributed by atoms with E-state index >= 15 is 0 Å². The van der Waals surface area contributed by atoms with Gasteiger partial charge >= 0.3 is 6.03 Å². The highest BCUT2D eigenvalue weighted by atomic mass is 16.6. The Morgan fingerprint density at radius 2 is 2.41 bits per heavy atom. The number of rotatable bonds is 3. The Morgan fingerprint density at radius 1 is 1.65 bits per heavy atom. The molecule has 0 aliphatic carbocycles. The molecule has 94 valence electrons. The summed E-state index contributed by atoms with van der Waals surface area (Å²) in [6, 6.07) is -0.284. The van der Waals surface area contributed by atoms with E-state index in [4.69, 9.17) is 15.2 Å². The number of amides is 2. The molecule has 2 heterocycles. The Bertz CT molecular complexity index is 380. The first kappa shape index (κ1) is 12.2. The maximum atomic E-state index is 11.9. The van der Waals surface area contributed by atoms with Crippen LogP contribution >= 0.6 is 0 Å². The molecule has 2 N–H and O–H groups in total. The molecular weight excluding hydrogens is 222 g/mol. The normalized spacial score (nSPS) is 37.3. The number of carbonyl (C=O) groups excluding carboxylic acids is 1. The first-order chi connectivity index (χ1) is 8.06. The highest BCUT2D eigenvalue weighted by molar-refractivity contribution is 5.99. The van der Waals surface area contributed by atoms with E-state index in [2.05, 4.69) is 4.99 Å². The zero-order valence-electron chi connectivity index (χ0n) is 10.1. The van der Waals surface area contributed by atoms with Crippen LogP contribution in [-0.2, 0) is 9.47 Å². The molecule has 6 heteroatoms. The van der Waals surface area contributed by atoms with E-state index in [-0.39, 0.29) is 28.7 Å². The monoisotopic (exact) mass is 240 g/mol. The molecule has 1 fully saturated rings. The predicted molar refractivity (Wildman–Crippen MR) is 62.1 cm³/mol. The van der Waals surface area contributed by atoms with Crippen LogP contribution in [0, 0.1) is 0 Å². The second kappa shape index (κ2) is 4.56. The Hall–Kier alpha value is -1.24. The summed E-state index contributed by atoms with van der Waals surface area (Å²) >= 11 is 0. The van der Waals surface area contributed by atoms with Gasteiger partial charge in [0.15, 0.2) is 0 Å². The lowest BCUT2D eigenvalue weighted by atomic mass is 10.2. The molecule has 0 aromatic carbocycles.